The molecule has 6 nitrogen and oxygen atoms in total. The number of aromatic nitrogens is 1. The maximum absolute atomic E-state index is 12.9. The molecule has 1 N–H and O–H groups in total. The predicted molar refractivity (Wildman–Crippen MR) is 111 cm³/mol. The molecule has 28 heavy (non-hydrogen) atoms. The Labute approximate surface area is 164 Å². The molecule has 0 aliphatic carbocycles. The molecule has 1 aliphatic rings. The van der Waals surface area contributed by atoms with E-state index < -0.39 is 10.0 Å². The SMILES string of the molecule is Cc1cc(NC(=O)c2cccc(N3CCCCS3(=O)=O)c2)c2ccccc2n1. The minimum Gasteiger partial charge on any atom is -0.321 e. The summed E-state index contributed by atoms with van der Waals surface area (Å²) < 4.78 is 26.1. The third kappa shape index (κ3) is 3.57. The van der Waals surface area contributed by atoms with Gasteiger partial charge in [-0.3, -0.25) is 14.1 Å². The molecular weight excluding hydrogens is 374 g/mol. The summed E-state index contributed by atoms with van der Waals surface area (Å²) in [7, 11) is -3.32. The number of carbonyl (C=O) groups is 1. The minimum atomic E-state index is -3.32. The summed E-state index contributed by atoms with van der Waals surface area (Å²) in [6.07, 6.45) is 1.49. The fraction of sp³-hybridized carbons (Fsp3) is 0.238. The van der Waals surface area contributed by atoms with Crippen LogP contribution in [-0.2, 0) is 10.0 Å². The molecule has 0 saturated carbocycles. The van der Waals surface area contributed by atoms with Gasteiger partial charge < -0.3 is 5.32 Å². The van der Waals surface area contributed by atoms with E-state index in [-0.39, 0.29) is 11.7 Å². The van der Waals surface area contributed by atoms with Crippen LogP contribution in [-0.4, -0.2) is 31.6 Å². The highest BCUT2D eigenvalue weighted by atomic mass is 32.2. The van der Waals surface area contributed by atoms with E-state index in [0.29, 0.717) is 29.9 Å². The molecule has 7 heteroatoms. The second kappa shape index (κ2) is 7.24. The number of aryl methyl sites for hydroxylation is 1. The number of nitrogens with zero attached hydrogens (tertiary/aromatic N) is 2. The van der Waals surface area contributed by atoms with Gasteiger partial charge in [-0.15, -0.1) is 0 Å². The van der Waals surface area contributed by atoms with Crippen molar-refractivity contribution >= 4 is 38.2 Å². The molecule has 0 radical (unpaired) electrons. The summed E-state index contributed by atoms with van der Waals surface area (Å²) in [5, 5.41) is 3.80. The van der Waals surface area contributed by atoms with Crippen molar-refractivity contribution in [2.75, 3.05) is 21.9 Å². The lowest BCUT2D eigenvalue weighted by Gasteiger charge is -2.28. The number of para-hydroxylation sites is 1. The van der Waals surface area contributed by atoms with Gasteiger partial charge >= 0.3 is 0 Å². The summed E-state index contributed by atoms with van der Waals surface area (Å²) >= 11 is 0. The van der Waals surface area contributed by atoms with Gasteiger partial charge in [0.1, 0.15) is 0 Å². The third-order valence-electron chi connectivity index (χ3n) is 4.84. The number of anilines is 2. The van der Waals surface area contributed by atoms with Crippen molar-refractivity contribution in [3.63, 3.8) is 0 Å². The van der Waals surface area contributed by atoms with E-state index in [1.807, 2.05) is 37.3 Å². The van der Waals surface area contributed by atoms with E-state index >= 15 is 0 Å². The number of amides is 1. The van der Waals surface area contributed by atoms with Crippen LogP contribution in [0.2, 0.25) is 0 Å². The molecular formula is C21H21N3O3S. The average molecular weight is 395 g/mol. The smallest absolute Gasteiger partial charge is 0.255 e. The molecule has 1 fully saturated rings. The Morgan fingerprint density at radius 3 is 2.71 bits per heavy atom. The van der Waals surface area contributed by atoms with E-state index in [1.54, 1.807) is 24.3 Å². The zero-order chi connectivity index (χ0) is 19.7. The summed E-state index contributed by atoms with van der Waals surface area (Å²) in [6.45, 7) is 2.32. The number of carbonyl (C=O) groups excluding carboxylic acids is 1. The third-order valence-corrected chi connectivity index (χ3v) is 6.71. The lowest BCUT2D eigenvalue weighted by molar-refractivity contribution is 0.102. The Kier molecular flexibility index (Phi) is 4.77. The zero-order valence-electron chi connectivity index (χ0n) is 15.6. The number of rotatable bonds is 3. The van der Waals surface area contributed by atoms with Crippen LogP contribution in [0.3, 0.4) is 0 Å². The van der Waals surface area contributed by atoms with E-state index in [9.17, 15) is 13.2 Å². The zero-order valence-corrected chi connectivity index (χ0v) is 16.4. The highest BCUT2D eigenvalue weighted by Gasteiger charge is 2.26. The monoisotopic (exact) mass is 395 g/mol. The van der Waals surface area contributed by atoms with Crippen LogP contribution in [0.1, 0.15) is 28.9 Å². The van der Waals surface area contributed by atoms with Crippen molar-refractivity contribution < 1.29 is 13.2 Å². The van der Waals surface area contributed by atoms with Crippen LogP contribution in [0, 0.1) is 6.92 Å². The maximum Gasteiger partial charge on any atom is 0.255 e. The summed E-state index contributed by atoms with van der Waals surface area (Å²) in [4.78, 5) is 17.3. The Hall–Kier alpha value is -2.93. The van der Waals surface area contributed by atoms with Gasteiger partial charge in [-0.25, -0.2) is 8.42 Å². The molecule has 0 bridgehead atoms. The molecule has 0 unspecified atom stereocenters. The molecule has 144 valence electrons. The van der Waals surface area contributed by atoms with Crippen molar-refractivity contribution in [3.05, 3.63) is 65.9 Å². The molecule has 2 heterocycles. The number of pyridine rings is 1. The molecule has 1 saturated heterocycles. The topological polar surface area (TPSA) is 79.4 Å². The lowest BCUT2D eigenvalue weighted by Crippen LogP contribution is -2.37. The van der Waals surface area contributed by atoms with Gasteiger partial charge in [0.15, 0.2) is 0 Å². The van der Waals surface area contributed by atoms with Crippen LogP contribution in [0.15, 0.2) is 54.6 Å². The summed E-state index contributed by atoms with van der Waals surface area (Å²) in [6, 6.07) is 16.2. The van der Waals surface area contributed by atoms with E-state index in [2.05, 4.69) is 10.3 Å². The van der Waals surface area contributed by atoms with E-state index in [1.165, 1.54) is 4.31 Å². The van der Waals surface area contributed by atoms with E-state index in [0.717, 1.165) is 23.0 Å². The Bertz CT molecular complexity index is 1160. The van der Waals surface area contributed by atoms with Crippen LogP contribution >= 0.6 is 0 Å². The Morgan fingerprint density at radius 2 is 1.89 bits per heavy atom. The average Bonchev–Trinajstić information content (AvgIpc) is 2.67. The van der Waals surface area contributed by atoms with Gasteiger partial charge in [0.2, 0.25) is 10.0 Å². The van der Waals surface area contributed by atoms with Crippen molar-refractivity contribution in [3.8, 4) is 0 Å². The van der Waals surface area contributed by atoms with Gasteiger partial charge in [-0.2, -0.15) is 0 Å². The first kappa shape index (κ1) is 18.4. The highest BCUT2D eigenvalue weighted by Crippen LogP contribution is 2.26. The van der Waals surface area contributed by atoms with Crippen molar-refractivity contribution in [2.45, 2.75) is 19.8 Å². The first-order chi connectivity index (χ1) is 13.4. The fourth-order valence-electron chi connectivity index (χ4n) is 3.49. The molecule has 1 amide bonds. The summed E-state index contributed by atoms with van der Waals surface area (Å²) in [5.41, 5.74) is 3.25. The van der Waals surface area contributed by atoms with Crippen molar-refractivity contribution in [1.82, 2.24) is 4.98 Å². The molecule has 1 aromatic heterocycles. The van der Waals surface area contributed by atoms with Crippen LogP contribution < -0.4 is 9.62 Å². The number of benzene rings is 2. The van der Waals surface area contributed by atoms with Gasteiger partial charge in [0.05, 0.1) is 22.6 Å². The van der Waals surface area contributed by atoms with Gasteiger partial charge in [-0.1, -0.05) is 24.3 Å². The molecule has 2 aromatic carbocycles. The second-order valence-electron chi connectivity index (χ2n) is 6.93. The van der Waals surface area contributed by atoms with Crippen LogP contribution in [0.5, 0.6) is 0 Å². The number of fused-ring (bicyclic) bond motifs is 1. The standard InChI is InChI=1S/C21H21N3O3S/c1-15-13-20(18-9-2-3-10-19(18)22-15)23-21(25)16-7-6-8-17(14-16)24-11-4-5-12-28(24,26)27/h2-3,6-10,13-14H,4-5,11-12H2,1H3,(H,22,23,25). The van der Waals surface area contributed by atoms with Crippen LogP contribution in [0.4, 0.5) is 11.4 Å². The largest absolute Gasteiger partial charge is 0.321 e. The number of nitrogens with one attached hydrogen (secondary N) is 1. The van der Waals surface area contributed by atoms with E-state index in [4.69, 9.17) is 0 Å². The molecule has 0 spiro atoms. The minimum absolute atomic E-state index is 0.145. The number of hydrogen-bond donors (Lipinski definition) is 1. The van der Waals surface area contributed by atoms with Crippen molar-refractivity contribution in [1.29, 1.82) is 0 Å². The molecule has 3 aromatic rings. The van der Waals surface area contributed by atoms with Crippen LogP contribution in [0.25, 0.3) is 10.9 Å². The molecule has 4 rings (SSSR count). The van der Waals surface area contributed by atoms with Gasteiger partial charge in [-0.05, 0) is 50.1 Å². The normalized spacial score (nSPS) is 16.1. The number of sulfonamides is 1. The first-order valence-electron chi connectivity index (χ1n) is 9.22. The molecule has 1 aliphatic heterocycles. The van der Waals surface area contributed by atoms with Gasteiger partial charge in [0.25, 0.3) is 5.91 Å². The molecule has 0 atom stereocenters. The fourth-order valence-corrected chi connectivity index (χ4v) is 5.12. The second-order valence-corrected chi connectivity index (χ2v) is 8.94. The van der Waals surface area contributed by atoms with Gasteiger partial charge in [0, 0.05) is 23.2 Å². The summed E-state index contributed by atoms with van der Waals surface area (Å²) in [5.74, 6) is -0.141. The predicted octanol–water partition coefficient (Wildman–Crippen LogP) is 3.73. The highest BCUT2D eigenvalue weighted by molar-refractivity contribution is 7.92. The quantitative estimate of drug-likeness (QED) is 0.733. The lowest BCUT2D eigenvalue weighted by atomic mass is 10.1. The maximum atomic E-state index is 12.9. The Balaban J connectivity index is 1.65. The van der Waals surface area contributed by atoms with Crippen molar-refractivity contribution in [2.24, 2.45) is 0 Å². The number of hydrogen-bond acceptors (Lipinski definition) is 4. The Morgan fingerprint density at radius 1 is 1.07 bits per heavy atom. The first-order valence-corrected chi connectivity index (χ1v) is 10.8.